The molecule has 186 valence electrons. The van der Waals surface area contributed by atoms with E-state index in [1.807, 2.05) is 19.2 Å². The lowest BCUT2D eigenvalue weighted by molar-refractivity contribution is 0.151. The van der Waals surface area contributed by atoms with Crippen molar-refractivity contribution in [2.24, 2.45) is 11.8 Å². The molecular formula is C30H42F2OSi. The standard InChI is InChI=1S/C30H42F2OSi/c1-33-20-21-34-29-18-16-27(17-19-29)26-14-12-25(13-15-26)24-8-4-22(5-9-24)2-3-23-6-10-28(11-7-23)30(31)32/h4-11,25-27,29-30H,2-3,12-21,34H2,1H3. The van der Waals surface area contributed by atoms with Crippen molar-refractivity contribution >= 4 is 9.52 Å². The van der Waals surface area contributed by atoms with Gasteiger partial charge in [-0.15, -0.1) is 0 Å². The van der Waals surface area contributed by atoms with Crippen LogP contribution in [0.15, 0.2) is 48.5 Å². The van der Waals surface area contributed by atoms with Crippen LogP contribution in [-0.2, 0) is 17.6 Å². The molecule has 0 heterocycles. The van der Waals surface area contributed by atoms with Crippen molar-refractivity contribution in [3.05, 3.63) is 70.8 Å². The molecule has 0 aliphatic heterocycles. The molecule has 0 radical (unpaired) electrons. The van der Waals surface area contributed by atoms with E-state index in [1.165, 1.54) is 68.5 Å². The maximum absolute atomic E-state index is 12.7. The van der Waals surface area contributed by atoms with E-state index < -0.39 is 6.43 Å². The second kappa shape index (κ2) is 13.0. The Bertz CT molecular complexity index is 835. The lowest BCUT2D eigenvalue weighted by atomic mass is 9.70. The summed E-state index contributed by atoms with van der Waals surface area (Å²) in [7, 11) is 1.91. The van der Waals surface area contributed by atoms with E-state index in [0.29, 0.717) is 0 Å². The zero-order chi connectivity index (χ0) is 23.8. The zero-order valence-corrected chi connectivity index (χ0v) is 22.3. The smallest absolute Gasteiger partial charge is 0.263 e. The molecule has 0 atom stereocenters. The Balaban J connectivity index is 1.18. The van der Waals surface area contributed by atoms with Crippen LogP contribution in [0.4, 0.5) is 8.78 Å². The van der Waals surface area contributed by atoms with E-state index in [4.69, 9.17) is 4.74 Å². The van der Waals surface area contributed by atoms with E-state index in [2.05, 4.69) is 24.3 Å². The Morgan fingerprint density at radius 3 is 1.82 bits per heavy atom. The van der Waals surface area contributed by atoms with Crippen LogP contribution < -0.4 is 0 Å². The van der Waals surface area contributed by atoms with Crippen molar-refractivity contribution in [2.75, 3.05) is 13.7 Å². The lowest BCUT2D eigenvalue weighted by Gasteiger charge is -2.38. The molecule has 0 unspecified atom stereocenters. The first-order chi connectivity index (χ1) is 16.6. The first-order valence-corrected chi connectivity index (χ1v) is 15.4. The van der Waals surface area contributed by atoms with Crippen LogP contribution in [0.3, 0.4) is 0 Å². The highest BCUT2D eigenvalue weighted by molar-refractivity contribution is 6.37. The molecular weight excluding hydrogens is 442 g/mol. The van der Waals surface area contributed by atoms with Crippen molar-refractivity contribution in [3.63, 3.8) is 0 Å². The third-order valence-corrected chi connectivity index (χ3v) is 11.0. The average molecular weight is 485 g/mol. The van der Waals surface area contributed by atoms with Crippen molar-refractivity contribution < 1.29 is 13.5 Å². The fourth-order valence-electron chi connectivity index (χ4n) is 6.46. The first-order valence-electron chi connectivity index (χ1n) is 13.6. The summed E-state index contributed by atoms with van der Waals surface area (Å²) in [5.41, 5.74) is 5.16. The molecule has 0 bridgehead atoms. The number of methoxy groups -OCH3 is 1. The highest BCUT2D eigenvalue weighted by Gasteiger charge is 2.31. The summed E-state index contributed by atoms with van der Waals surface area (Å²) in [4.78, 5) is 0. The lowest BCUT2D eigenvalue weighted by Crippen LogP contribution is -2.25. The Hall–Kier alpha value is -1.52. The number of rotatable bonds is 10. The second-order valence-corrected chi connectivity index (χ2v) is 13.3. The van der Waals surface area contributed by atoms with E-state index in [0.717, 1.165) is 48.3 Å². The molecule has 2 aromatic carbocycles. The van der Waals surface area contributed by atoms with Gasteiger partial charge in [-0.25, -0.2) is 8.78 Å². The molecule has 0 aromatic heterocycles. The van der Waals surface area contributed by atoms with Crippen molar-refractivity contribution in [3.8, 4) is 0 Å². The highest BCUT2D eigenvalue weighted by Crippen LogP contribution is 2.45. The normalized spacial score (nSPS) is 25.9. The van der Waals surface area contributed by atoms with Gasteiger partial charge in [0.15, 0.2) is 0 Å². The van der Waals surface area contributed by atoms with Gasteiger partial charge in [0.1, 0.15) is 0 Å². The van der Waals surface area contributed by atoms with Gasteiger partial charge in [-0.1, -0.05) is 79.8 Å². The molecule has 0 saturated heterocycles. The van der Waals surface area contributed by atoms with E-state index in [-0.39, 0.29) is 15.1 Å². The molecule has 0 spiro atoms. The Kier molecular flexibility index (Phi) is 9.75. The van der Waals surface area contributed by atoms with Crippen LogP contribution in [0.1, 0.15) is 86.0 Å². The number of ether oxygens (including phenoxy) is 1. The van der Waals surface area contributed by atoms with Crippen molar-refractivity contribution in [2.45, 2.75) is 88.1 Å². The van der Waals surface area contributed by atoms with Gasteiger partial charge < -0.3 is 4.74 Å². The third kappa shape index (κ3) is 7.24. The SMILES string of the molecule is COCC[SiH2]C1CCC(C2CCC(c3ccc(CCc4ccc(C(F)F)cc4)cc3)CC2)CC1. The fourth-order valence-corrected chi connectivity index (χ4v) is 8.54. The highest BCUT2D eigenvalue weighted by atomic mass is 28.2. The summed E-state index contributed by atoms with van der Waals surface area (Å²) < 4.78 is 30.7. The fraction of sp³-hybridized carbons (Fsp3) is 0.600. The number of halogens is 2. The summed E-state index contributed by atoms with van der Waals surface area (Å²) in [5, 5.41) is 0. The maximum Gasteiger partial charge on any atom is 0.263 e. The summed E-state index contributed by atoms with van der Waals surface area (Å²) in [6.45, 7) is 0.981. The van der Waals surface area contributed by atoms with Gasteiger partial charge in [0.25, 0.3) is 6.43 Å². The van der Waals surface area contributed by atoms with Gasteiger partial charge in [0.05, 0.1) is 0 Å². The number of alkyl halides is 2. The predicted molar refractivity (Wildman–Crippen MR) is 141 cm³/mol. The van der Waals surface area contributed by atoms with E-state index in [9.17, 15) is 8.78 Å². The van der Waals surface area contributed by atoms with Crippen LogP contribution >= 0.6 is 0 Å². The second-order valence-electron chi connectivity index (χ2n) is 10.8. The van der Waals surface area contributed by atoms with Crippen molar-refractivity contribution in [1.29, 1.82) is 0 Å². The maximum atomic E-state index is 12.7. The summed E-state index contributed by atoms with van der Waals surface area (Å²) in [6, 6.07) is 17.4. The molecule has 4 heteroatoms. The van der Waals surface area contributed by atoms with Gasteiger partial charge >= 0.3 is 0 Å². The quantitative estimate of drug-likeness (QED) is 0.246. The molecule has 2 aliphatic rings. The van der Waals surface area contributed by atoms with Gasteiger partial charge in [-0.3, -0.25) is 0 Å². The minimum Gasteiger partial charge on any atom is -0.385 e. The summed E-state index contributed by atoms with van der Waals surface area (Å²) in [6.07, 6.45) is 11.0. The van der Waals surface area contributed by atoms with Crippen LogP contribution in [-0.4, -0.2) is 23.2 Å². The third-order valence-electron chi connectivity index (χ3n) is 8.68. The van der Waals surface area contributed by atoms with Crippen LogP contribution in [0.5, 0.6) is 0 Å². The molecule has 4 rings (SSSR count). The number of benzene rings is 2. The van der Waals surface area contributed by atoms with Gasteiger partial charge in [0, 0.05) is 28.8 Å². The largest absolute Gasteiger partial charge is 0.385 e. The summed E-state index contributed by atoms with van der Waals surface area (Å²) in [5.74, 6) is 2.68. The Labute approximate surface area is 207 Å². The van der Waals surface area contributed by atoms with Gasteiger partial charge in [-0.2, -0.15) is 0 Å². The number of hydrogen-bond acceptors (Lipinski definition) is 1. The Morgan fingerprint density at radius 1 is 0.765 bits per heavy atom. The topological polar surface area (TPSA) is 9.23 Å². The Morgan fingerprint density at radius 2 is 1.29 bits per heavy atom. The molecule has 2 aromatic rings. The molecule has 34 heavy (non-hydrogen) atoms. The van der Waals surface area contributed by atoms with Gasteiger partial charge in [0.2, 0.25) is 0 Å². The molecule has 0 N–H and O–H groups in total. The van der Waals surface area contributed by atoms with Gasteiger partial charge in [-0.05, 0) is 79.0 Å². The predicted octanol–water partition coefficient (Wildman–Crippen LogP) is 7.90. The first kappa shape index (κ1) is 25.6. The van der Waals surface area contributed by atoms with Crippen LogP contribution in [0.25, 0.3) is 0 Å². The van der Waals surface area contributed by atoms with E-state index in [1.54, 1.807) is 12.1 Å². The van der Waals surface area contributed by atoms with Crippen LogP contribution in [0, 0.1) is 11.8 Å². The molecule has 2 saturated carbocycles. The van der Waals surface area contributed by atoms with Crippen LogP contribution in [0.2, 0.25) is 11.6 Å². The summed E-state index contributed by atoms with van der Waals surface area (Å²) >= 11 is 0. The molecule has 2 aliphatic carbocycles. The number of aryl methyl sites for hydroxylation is 2. The van der Waals surface area contributed by atoms with E-state index >= 15 is 0 Å². The monoisotopic (exact) mass is 484 g/mol. The molecule has 1 nitrogen and oxygen atoms in total. The minimum absolute atomic E-state index is 0.0800. The molecule has 2 fully saturated rings. The number of hydrogen-bond donors (Lipinski definition) is 0. The zero-order valence-electron chi connectivity index (χ0n) is 20.9. The molecule has 0 amide bonds. The minimum atomic E-state index is -2.38. The van der Waals surface area contributed by atoms with Crippen molar-refractivity contribution in [1.82, 2.24) is 0 Å². The average Bonchev–Trinajstić information content (AvgIpc) is 2.89.